The van der Waals surface area contributed by atoms with Crippen LogP contribution in [0, 0.1) is 0 Å². The second-order valence-electron chi connectivity index (χ2n) is 2.39. The smallest absolute Gasteiger partial charge is 0.293 e. The third-order valence-electron chi connectivity index (χ3n) is 1.55. The Labute approximate surface area is 71.7 Å². The van der Waals surface area contributed by atoms with Crippen molar-refractivity contribution in [2.45, 2.75) is 0 Å². The highest BCUT2D eigenvalue weighted by atomic mass is 16.1. The maximum atomic E-state index is 11.1. The summed E-state index contributed by atoms with van der Waals surface area (Å²) in [5.74, 6) is 10.7. The second-order valence-corrected chi connectivity index (χ2v) is 2.39. The summed E-state index contributed by atoms with van der Waals surface area (Å²) in [6, 6.07) is 0. The lowest BCUT2D eigenvalue weighted by Gasteiger charge is -2.06. The molecule has 0 amide bonds. The van der Waals surface area contributed by atoms with E-state index in [4.69, 9.17) is 11.7 Å². The van der Waals surface area contributed by atoms with E-state index in [1.165, 1.54) is 10.6 Å². The molecule has 2 rings (SSSR count). The molecule has 0 radical (unpaired) electrons. The van der Waals surface area contributed by atoms with Crippen LogP contribution in [-0.4, -0.2) is 19.6 Å². The van der Waals surface area contributed by atoms with Gasteiger partial charge in [-0.05, 0) is 0 Å². The fourth-order valence-corrected chi connectivity index (χ4v) is 1.00. The Balaban J connectivity index is 2.83. The van der Waals surface area contributed by atoms with Gasteiger partial charge in [0.15, 0.2) is 0 Å². The highest BCUT2D eigenvalue weighted by Gasteiger charge is 2.09. The Bertz CT molecular complexity index is 483. The molecule has 2 aromatic rings. The first-order chi connectivity index (χ1) is 6.20. The van der Waals surface area contributed by atoms with Gasteiger partial charge in [-0.15, -0.1) is 10.2 Å². The van der Waals surface area contributed by atoms with E-state index >= 15 is 0 Å². The van der Waals surface area contributed by atoms with Crippen LogP contribution in [0.4, 0.5) is 5.95 Å². The molecule has 0 fully saturated rings. The lowest BCUT2D eigenvalue weighted by Crippen LogP contribution is -2.39. The van der Waals surface area contributed by atoms with E-state index in [-0.39, 0.29) is 17.2 Å². The minimum Gasteiger partial charge on any atom is -0.324 e. The average Bonchev–Trinajstić information content (AvgIpc) is 2.48. The normalized spacial score (nSPS) is 10.6. The fraction of sp³-hybridized carbons (Fsp3) is 0. The first kappa shape index (κ1) is 7.71. The maximum absolute atomic E-state index is 11.1. The van der Waals surface area contributed by atoms with Crippen molar-refractivity contribution in [1.82, 2.24) is 19.6 Å². The molecule has 0 spiro atoms. The van der Waals surface area contributed by atoms with Gasteiger partial charge < -0.3 is 4.98 Å². The number of anilines is 1. The van der Waals surface area contributed by atoms with E-state index in [2.05, 4.69) is 15.2 Å². The van der Waals surface area contributed by atoms with Crippen LogP contribution in [0.1, 0.15) is 0 Å². The minimum atomic E-state index is -0.344. The zero-order valence-corrected chi connectivity index (χ0v) is 6.51. The first-order valence-electron chi connectivity index (χ1n) is 3.42. The standard InChI is InChI=1S/C5H7N7O/c6-12(7)5-10-9-3-4(13)8-1-2-11(3)5/h1-2H,6-7H2,(H,8,13). The van der Waals surface area contributed by atoms with E-state index in [9.17, 15) is 4.79 Å². The molecule has 0 aliphatic carbocycles. The molecule has 0 atom stereocenters. The van der Waals surface area contributed by atoms with E-state index in [0.717, 1.165) is 5.12 Å². The van der Waals surface area contributed by atoms with Gasteiger partial charge in [-0.25, -0.2) is 16.8 Å². The number of nitrogens with one attached hydrogen (secondary N) is 1. The van der Waals surface area contributed by atoms with Crippen LogP contribution in [0.25, 0.3) is 5.65 Å². The highest BCUT2D eigenvalue weighted by Crippen LogP contribution is 2.03. The van der Waals surface area contributed by atoms with Crippen molar-refractivity contribution in [2.75, 3.05) is 5.12 Å². The summed E-state index contributed by atoms with van der Waals surface area (Å²) in [4.78, 5) is 13.6. The van der Waals surface area contributed by atoms with Crippen molar-refractivity contribution in [2.24, 2.45) is 11.7 Å². The van der Waals surface area contributed by atoms with Gasteiger partial charge in [0.2, 0.25) is 5.65 Å². The van der Waals surface area contributed by atoms with Crippen LogP contribution in [0.2, 0.25) is 0 Å². The molecule has 0 saturated carbocycles. The molecule has 13 heavy (non-hydrogen) atoms. The van der Waals surface area contributed by atoms with E-state index in [1.807, 2.05) is 0 Å². The number of hydrazine groups is 2. The van der Waals surface area contributed by atoms with Crippen molar-refractivity contribution >= 4 is 11.6 Å². The molecule has 0 aliphatic heterocycles. The quantitative estimate of drug-likeness (QED) is 0.345. The molecule has 0 aromatic carbocycles. The van der Waals surface area contributed by atoms with Gasteiger partial charge in [0, 0.05) is 12.4 Å². The number of aromatic nitrogens is 4. The summed E-state index contributed by atoms with van der Waals surface area (Å²) in [7, 11) is 0. The van der Waals surface area contributed by atoms with Crippen LogP contribution in [0.3, 0.4) is 0 Å². The summed E-state index contributed by atoms with van der Waals surface area (Å²) >= 11 is 0. The zero-order chi connectivity index (χ0) is 9.42. The number of nitrogens with zero attached hydrogens (tertiary/aromatic N) is 4. The average molecular weight is 181 g/mol. The number of hydrogen-bond acceptors (Lipinski definition) is 6. The monoisotopic (exact) mass is 181 g/mol. The molecule has 0 bridgehead atoms. The summed E-state index contributed by atoms with van der Waals surface area (Å²) in [5.41, 5.74) is -0.193. The SMILES string of the molecule is NN(N)c1nnc2c(=O)[nH]ccn12. The third-order valence-corrected chi connectivity index (χ3v) is 1.55. The van der Waals surface area contributed by atoms with Crippen LogP contribution in [0.15, 0.2) is 17.2 Å². The Morgan fingerprint density at radius 3 is 2.92 bits per heavy atom. The largest absolute Gasteiger partial charge is 0.324 e. The molecular weight excluding hydrogens is 174 g/mol. The Hall–Kier alpha value is -1.93. The summed E-state index contributed by atoms with van der Waals surface area (Å²) in [6.45, 7) is 0. The van der Waals surface area contributed by atoms with Crippen molar-refractivity contribution in [3.8, 4) is 0 Å². The lowest BCUT2D eigenvalue weighted by molar-refractivity contribution is 0.847. The number of H-pyrrole nitrogens is 1. The summed E-state index contributed by atoms with van der Waals surface area (Å²) < 4.78 is 1.39. The van der Waals surface area contributed by atoms with E-state index in [1.54, 1.807) is 6.20 Å². The van der Waals surface area contributed by atoms with Crippen LogP contribution < -0.4 is 22.4 Å². The third kappa shape index (κ3) is 1.04. The van der Waals surface area contributed by atoms with Crippen molar-refractivity contribution in [3.05, 3.63) is 22.7 Å². The number of hydrogen-bond donors (Lipinski definition) is 3. The fourth-order valence-electron chi connectivity index (χ4n) is 1.00. The lowest BCUT2D eigenvalue weighted by atomic mass is 10.7. The Kier molecular flexibility index (Phi) is 1.50. The van der Waals surface area contributed by atoms with Gasteiger partial charge in [-0.3, -0.25) is 9.20 Å². The van der Waals surface area contributed by atoms with Gasteiger partial charge in [-0.1, -0.05) is 0 Å². The van der Waals surface area contributed by atoms with Crippen LogP contribution in [-0.2, 0) is 0 Å². The number of aromatic amines is 1. The van der Waals surface area contributed by atoms with Crippen molar-refractivity contribution in [1.29, 1.82) is 0 Å². The highest BCUT2D eigenvalue weighted by molar-refractivity contribution is 5.42. The molecule has 5 N–H and O–H groups in total. The van der Waals surface area contributed by atoms with Crippen LogP contribution in [0.5, 0.6) is 0 Å². The molecule has 8 nitrogen and oxygen atoms in total. The molecule has 0 unspecified atom stereocenters. The van der Waals surface area contributed by atoms with Crippen molar-refractivity contribution < 1.29 is 0 Å². The molecule has 2 heterocycles. The molecule has 0 aliphatic rings. The first-order valence-corrected chi connectivity index (χ1v) is 3.42. The van der Waals surface area contributed by atoms with Gasteiger partial charge in [0.1, 0.15) is 0 Å². The summed E-state index contributed by atoms with van der Waals surface area (Å²) in [6.07, 6.45) is 3.00. The summed E-state index contributed by atoms with van der Waals surface area (Å²) in [5, 5.41) is 8.02. The number of nitrogens with two attached hydrogens (primary N) is 2. The minimum absolute atomic E-state index is 0.151. The predicted molar refractivity (Wildman–Crippen MR) is 44.5 cm³/mol. The number of fused-ring (bicyclic) bond motifs is 1. The van der Waals surface area contributed by atoms with E-state index < -0.39 is 0 Å². The van der Waals surface area contributed by atoms with Gasteiger partial charge in [0.05, 0.1) is 0 Å². The maximum Gasteiger partial charge on any atom is 0.293 e. The topological polar surface area (TPSA) is 118 Å². The predicted octanol–water partition coefficient (Wildman–Crippen LogP) is -2.03. The van der Waals surface area contributed by atoms with Gasteiger partial charge >= 0.3 is 0 Å². The number of rotatable bonds is 1. The molecule has 2 aromatic heterocycles. The molecule has 0 saturated heterocycles. The van der Waals surface area contributed by atoms with Crippen molar-refractivity contribution in [3.63, 3.8) is 0 Å². The second kappa shape index (κ2) is 2.54. The molecule has 68 valence electrons. The Morgan fingerprint density at radius 2 is 2.23 bits per heavy atom. The van der Waals surface area contributed by atoms with Gasteiger partial charge in [0.25, 0.3) is 11.5 Å². The zero-order valence-electron chi connectivity index (χ0n) is 6.51. The van der Waals surface area contributed by atoms with E-state index in [0.29, 0.717) is 0 Å². The molecule has 8 heteroatoms. The Morgan fingerprint density at radius 1 is 1.46 bits per heavy atom. The van der Waals surface area contributed by atoms with Gasteiger partial charge in [-0.2, -0.15) is 0 Å². The molecular formula is C5H7N7O. The van der Waals surface area contributed by atoms with Crippen LogP contribution >= 0.6 is 0 Å².